The summed E-state index contributed by atoms with van der Waals surface area (Å²) >= 11 is 3.40. The lowest BCUT2D eigenvalue weighted by Crippen LogP contribution is -2.27. The fourth-order valence-corrected chi connectivity index (χ4v) is 2.32. The summed E-state index contributed by atoms with van der Waals surface area (Å²) < 4.78 is 0. The predicted octanol–water partition coefficient (Wildman–Crippen LogP) is 2.75. The molecule has 2 rings (SSSR count). The van der Waals surface area contributed by atoms with E-state index in [4.69, 9.17) is 0 Å². The van der Waals surface area contributed by atoms with Gasteiger partial charge in [-0.2, -0.15) is 0 Å². The zero-order chi connectivity index (χ0) is 10.7. The van der Waals surface area contributed by atoms with Crippen molar-refractivity contribution in [3.05, 3.63) is 29.8 Å². The Kier molecular flexibility index (Phi) is 3.41. The van der Waals surface area contributed by atoms with E-state index in [0.717, 1.165) is 30.4 Å². The fourth-order valence-electron chi connectivity index (χ4n) is 1.93. The summed E-state index contributed by atoms with van der Waals surface area (Å²) in [4.78, 5) is 13.7. The van der Waals surface area contributed by atoms with Crippen molar-refractivity contribution < 1.29 is 4.79 Å². The molecule has 0 unspecified atom stereocenters. The third kappa shape index (κ3) is 2.23. The standard InChI is InChI=1S/C12H14BrNO/c13-7-3-4-8-14-11-6-2-1-5-10(11)9-12(14)15/h1-2,5-6H,3-4,7-9H2. The summed E-state index contributed by atoms with van der Waals surface area (Å²) in [7, 11) is 0. The molecular formula is C12H14BrNO. The molecule has 1 aromatic carbocycles. The maximum atomic E-state index is 11.7. The Morgan fingerprint density at radius 2 is 2.07 bits per heavy atom. The van der Waals surface area contributed by atoms with Crippen molar-refractivity contribution >= 4 is 27.5 Å². The van der Waals surface area contributed by atoms with Gasteiger partial charge in [0.1, 0.15) is 0 Å². The normalized spacial score (nSPS) is 14.5. The number of carbonyl (C=O) groups is 1. The van der Waals surface area contributed by atoms with Gasteiger partial charge in [-0.1, -0.05) is 34.1 Å². The first-order valence-electron chi connectivity index (χ1n) is 5.27. The summed E-state index contributed by atoms with van der Waals surface area (Å²) in [6.07, 6.45) is 2.75. The minimum absolute atomic E-state index is 0.241. The SMILES string of the molecule is O=C1Cc2ccccc2N1CCCCBr. The molecule has 80 valence electrons. The van der Waals surface area contributed by atoms with E-state index in [2.05, 4.69) is 15.9 Å². The van der Waals surface area contributed by atoms with E-state index < -0.39 is 0 Å². The number of unbranched alkanes of at least 4 members (excludes halogenated alkanes) is 1. The number of benzene rings is 1. The monoisotopic (exact) mass is 267 g/mol. The molecule has 0 aliphatic carbocycles. The first-order chi connectivity index (χ1) is 7.33. The number of para-hydroxylation sites is 1. The molecule has 1 aliphatic rings. The van der Waals surface area contributed by atoms with Crippen molar-refractivity contribution in [2.24, 2.45) is 0 Å². The molecule has 1 amide bonds. The van der Waals surface area contributed by atoms with Crippen LogP contribution in [0.25, 0.3) is 0 Å². The molecule has 1 aromatic rings. The summed E-state index contributed by atoms with van der Waals surface area (Å²) in [6, 6.07) is 8.06. The first-order valence-corrected chi connectivity index (χ1v) is 6.39. The molecule has 15 heavy (non-hydrogen) atoms. The molecule has 1 aliphatic heterocycles. The summed E-state index contributed by atoms with van der Waals surface area (Å²) in [6.45, 7) is 0.849. The molecule has 0 radical (unpaired) electrons. The van der Waals surface area contributed by atoms with Crippen LogP contribution < -0.4 is 4.90 Å². The van der Waals surface area contributed by atoms with Gasteiger partial charge in [0.05, 0.1) is 6.42 Å². The average molecular weight is 268 g/mol. The van der Waals surface area contributed by atoms with Crippen LogP contribution in [0.1, 0.15) is 18.4 Å². The first kappa shape index (κ1) is 10.7. The Hall–Kier alpha value is -0.830. The van der Waals surface area contributed by atoms with E-state index >= 15 is 0 Å². The van der Waals surface area contributed by atoms with Gasteiger partial charge in [0.15, 0.2) is 0 Å². The van der Waals surface area contributed by atoms with E-state index in [1.165, 1.54) is 5.56 Å². The van der Waals surface area contributed by atoms with Crippen molar-refractivity contribution in [3.8, 4) is 0 Å². The van der Waals surface area contributed by atoms with Crippen LogP contribution in [0.3, 0.4) is 0 Å². The molecule has 0 bridgehead atoms. The van der Waals surface area contributed by atoms with Gasteiger partial charge in [-0.05, 0) is 24.5 Å². The smallest absolute Gasteiger partial charge is 0.231 e. The van der Waals surface area contributed by atoms with Gasteiger partial charge in [-0.3, -0.25) is 4.79 Å². The van der Waals surface area contributed by atoms with E-state index in [1.807, 2.05) is 29.2 Å². The van der Waals surface area contributed by atoms with E-state index in [9.17, 15) is 4.79 Å². The third-order valence-corrected chi connectivity index (χ3v) is 3.25. The van der Waals surface area contributed by atoms with Gasteiger partial charge in [0.25, 0.3) is 0 Å². The second-order valence-electron chi connectivity index (χ2n) is 3.75. The molecule has 0 fully saturated rings. The number of fused-ring (bicyclic) bond motifs is 1. The van der Waals surface area contributed by atoms with Crippen LogP contribution >= 0.6 is 15.9 Å². The second-order valence-corrected chi connectivity index (χ2v) is 4.54. The molecule has 1 heterocycles. The van der Waals surface area contributed by atoms with E-state index in [0.29, 0.717) is 6.42 Å². The molecule has 0 spiro atoms. The van der Waals surface area contributed by atoms with Crippen LogP contribution in [-0.2, 0) is 11.2 Å². The van der Waals surface area contributed by atoms with Crippen molar-refractivity contribution in [1.82, 2.24) is 0 Å². The molecule has 0 aromatic heterocycles. The number of rotatable bonds is 4. The Morgan fingerprint density at radius 3 is 2.87 bits per heavy atom. The molecule has 0 saturated heterocycles. The molecule has 0 N–H and O–H groups in total. The van der Waals surface area contributed by atoms with Gasteiger partial charge < -0.3 is 4.90 Å². The molecular weight excluding hydrogens is 254 g/mol. The predicted molar refractivity (Wildman–Crippen MR) is 65.5 cm³/mol. The zero-order valence-corrected chi connectivity index (χ0v) is 10.2. The van der Waals surface area contributed by atoms with Gasteiger partial charge in [0, 0.05) is 17.6 Å². The fraction of sp³-hybridized carbons (Fsp3) is 0.417. The number of nitrogens with zero attached hydrogens (tertiary/aromatic N) is 1. The third-order valence-electron chi connectivity index (χ3n) is 2.69. The highest BCUT2D eigenvalue weighted by atomic mass is 79.9. The highest BCUT2D eigenvalue weighted by Gasteiger charge is 2.25. The van der Waals surface area contributed by atoms with Crippen molar-refractivity contribution in [2.75, 3.05) is 16.8 Å². The number of hydrogen-bond donors (Lipinski definition) is 0. The summed E-state index contributed by atoms with van der Waals surface area (Å²) in [5.74, 6) is 0.241. The average Bonchev–Trinajstić information content (AvgIpc) is 2.56. The molecule has 3 heteroatoms. The molecule has 0 atom stereocenters. The van der Waals surface area contributed by atoms with Crippen LogP contribution in [0.2, 0.25) is 0 Å². The van der Waals surface area contributed by atoms with Crippen molar-refractivity contribution in [1.29, 1.82) is 0 Å². The number of anilines is 1. The highest BCUT2D eigenvalue weighted by Crippen LogP contribution is 2.28. The minimum atomic E-state index is 0.241. The lowest BCUT2D eigenvalue weighted by molar-refractivity contribution is -0.117. The number of alkyl halides is 1. The quantitative estimate of drug-likeness (QED) is 0.607. The largest absolute Gasteiger partial charge is 0.312 e. The maximum Gasteiger partial charge on any atom is 0.231 e. The Labute approximate surface area is 98.4 Å². The number of hydrogen-bond acceptors (Lipinski definition) is 1. The van der Waals surface area contributed by atoms with Crippen molar-refractivity contribution in [3.63, 3.8) is 0 Å². The number of amides is 1. The van der Waals surface area contributed by atoms with Crippen LogP contribution in [0, 0.1) is 0 Å². The topological polar surface area (TPSA) is 20.3 Å². The Morgan fingerprint density at radius 1 is 1.27 bits per heavy atom. The van der Waals surface area contributed by atoms with Crippen LogP contribution in [0.5, 0.6) is 0 Å². The van der Waals surface area contributed by atoms with Gasteiger partial charge in [-0.25, -0.2) is 0 Å². The van der Waals surface area contributed by atoms with Crippen LogP contribution in [0.15, 0.2) is 24.3 Å². The Bertz CT molecular complexity index is 364. The molecule has 2 nitrogen and oxygen atoms in total. The maximum absolute atomic E-state index is 11.7. The van der Waals surface area contributed by atoms with Crippen LogP contribution in [0.4, 0.5) is 5.69 Å². The van der Waals surface area contributed by atoms with Gasteiger partial charge in [-0.15, -0.1) is 0 Å². The summed E-state index contributed by atoms with van der Waals surface area (Å²) in [5.41, 5.74) is 2.28. The van der Waals surface area contributed by atoms with Crippen LogP contribution in [-0.4, -0.2) is 17.8 Å². The second kappa shape index (κ2) is 4.79. The number of halogens is 1. The number of carbonyl (C=O) groups excluding carboxylic acids is 1. The van der Waals surface area contributed by atoms with Crippen molar-refractivity contribution in [2.45, 2.75) is 19.3 Å². The molecule has 0 saturated carbocycles. The lowest BCUT2D eigenvalue weighted by Gasteiger charge is -2.16. The Balaban J connectivity index is 2.08. The van der Waals surface area contributed by atoms with E-state index in [1.54, 1.807) is 0 Å². The van der Waals surface area contributed by atoms with Gasteiger partial charge >= 0.3 is 0 Å². The minimum Gasteiger partial charge on any atom is -0.312 e. The lowest BCUT2D eigenvalue weighted by atomic mass is 10.2. The highest BCUT2D eigenvalue weighted by molar-refractivity contribution is 9.09. The zero-order valence-electron chi connectivity index (χ0n) is 8.58. The van der Waals surface area contributed by atoms with Gasteiger partial charge in [0.2, 0.25) is 5.91 Å². The summed E-state index contributed by atoms with van der Waals surface area (Å²) in [5, 5.41) is 1.01. The van der Waals surface area contributed by atoms with E-state index in [-0.39, 0.29) is 5.91 Å².